The van der Waals surface area contributed by atoms with Gasteiger partial charge in [0.25, 0.3) is 0 Å². The van der Waals surface area contributed by atoms with Gasteiger partial charge in [0.1, 0.15) is 5.82 Å². The van der Waals surface area contributed by atoms with Gasteiger partial charge >= 0.3 is 0 Å². The van der Waals surface area contributed by atoms with E-state index < -0.39 is 0 Å². The summed E-state index contributed by atoms with van der Waals surface area (Å²) in [7, 11) is 0. The Morgan fingerprint density at radius 3 is 2.75 bits per heavy atom. The van der Waals surface area contributed by atoms with Gasteiger partial charge in [0, 0.05) is 16.0 Å². The summed E-state index contributed by atoms with van der Waals surface area (Å²) in [6, 6.07) is 6.62. The first-order chi connectivity index (χ1) is 9.52. The summed E-state index contributed by atoms with van der Waals surface area (Å²) in [5.74, 6) is 0.964. The SMILES string of the molecule is CC(C)(C)c1ccc(NCc2cc3c(s2)CCC3)nc1. The van der Waals surface area contributed by atoms with E-state index in [4.69, 9.17) is 0 Å². The van der Waals surface area contributed by atoms with Crippen LogP contribution in [0.1, 0.15) is 48.1 Å². The summed E-state index contributed by atoms with van der Waals surface area (Å²) in [5, 5.41) is 3.43. The van der Waals surface area contributed by atoms with Crippen molar-refractivity contribution in [3.05, 3.63) is 45.3 Å². The Bertz CT molecular complexity index is 569. The van der Waals surface area contributed by atoms with Gasteiger partial charge in [-0.05, 0) is 47.9 Å². The van der Waals surface area contributed by atoms with Crippen molar-refractivity contribution in [2.75, 3.05) is 5.32 Å². The van der Waals surface area contributed by atoms with Gasteiger partial charge < -0.3 is 5.32 Å². The molecular weight excluding hydrogens is 264 g/mol. The fourth-order valence-corrected chi connectivity index (χ4v) is 3.80. The van der Waals surface area contributed by atoms with Crippen LogP contribution < -0.4 is 5.32 Å². The van der Waals surface area contributed by atoms with Crippen molar-refractivity contribution in [1.82, 2.24) is 4.98 Å². The molecule has 0 radical (unpaired) electrons. The van der Waals surface area contributed by atoms with Crippen LogP contribution in [0.2, 0.25) is 0 Å². The third-order valence-corrected chi connectivity index (χ3v) is 5.11. The van der Waals surface area contributed by atoms with E-state index in [1.165, 1.54) is 29.7 Å². The molecule has 2 aromatic heterocycles. The second kappa shape index (κ2) is 5.21. The van der Waals surface area contributed by atoms with Gasteiger partial charge in [-0.15, -0.1) is 11.3 Å². The van der Waals surface area contributed by atoms with Gasteiger partial charge in [0.15, 0.2) is 0 Å². The van der Waals surface area contributed by atoms with Crippen LogP contribution in [0.4, 0.5) is 5.82 Å². The quantitative estimate of drug-likeness (QED) is 0.896. The van der Waals surface area contributed by atoms with Crippen molar-refractivity contribution in [3.8, 4) is 0 Å². The first-order valence-electron chi connectivity index (χ1n) is 7.33. The Morgan fingerprint density at radius 1 is 1.25 bits per heavy atom. The lowest BCUT2D eigenvalue weighted by molar-refractivity contribution is 0.587. The van der Waals surface area contributed by atoms with Crippen LogP contribution in [0, 0.1) is 0 Å². The van der Waals surface area contributed by atoms with Crippen LogP contribution in [0.5, 0.6) is 0 Å². The lowest BCUT2D eigenvalue weighted by Crippen LogP contribution is -2.11. The van der Waals surface area contributed by atoms with Crippen LogP contribution in [0.25, 0.3) is 0 Å². The highest BCUT2D eigenvalue weighted by Crippen LogP contribution is 2.31. The van der Waals surface area contributed by atoms with E-state index in [0.717, 1.165) is 12.4 Å². The molecule has 0 atom stereocenters. The van der Waals surface area contributed by atoms with E-state index in [9.17, 15) is 0 Å². The monoisotopic (exact) mass is 286 g/mol. The molecule has 0 amide bonds. The van der Waals surface area contributed by atoms with Crippen molar-refractivity contribution in [3.63, 3.8) is 0 Å². The molecular formula is C17H22N2S. The Hall–Kier alpha value is -1.35. The summed E-state index contributed by atoms with van der Waals surface area (Å²) >= 11 is 1.96. The number of nitrogens with zero attached hydrogens (tertiary/aromatic N) is 1. The number of thiophene rings is 1. The summed E-state index contributed by atoms with van der Waals surface area (Å²) in [4.78, 5) is 7.54. The standard InChI is InChI=1S/C17H22N2S/c1-17(2,3)13-7-8-16(18-10-13)19-11-14-9-12-5-4-6-15(12)20-14/h7-10H,4-6,11H2,1-3H3,(H,18,19). The zero-order chi connectivity index (χ0) is 14.2. The molecule has 3 rings (SSSR count). The summed E-state index contributed by atoms with van der Waals surface area (Å²) in [5.41, 5.74) is 3.01. The summed E-state index contributed by atoms with van der Waals surface area (Å²) < 4.78 is 0. The van der Waals surface area contributed by atoms with E-state index in [1.54, 1.807) is 10.4 Å². The lowest BCUT2D eigenvalue weighted by Gasteiger charge is -2.18. The van der Waals surface area contributed by atoms with Crippen LogP contribution in [0.3, 0.4) is 0 Å². The topological polar surface area (TPSA) is 24.9 Å². The molecule has 2 heterocycles. The number of aromatic nitrogens is 1. The molecule has 0 aromatic carbocycles. The van der Waals surface area contributed by atoms with Crippen LogP contribution in [0.15, 0.2) is 24.4 Å². The molecule has 0 bridgehead atoms. The predicted octanol–water partition coefficient (Wildman–Crippen LogP) is 4.54. The molecule has 0 saturated carbocycles. The fourth-order valence-electron chi connectivity index (χ4n) is 2.60. The Kier molecular flexibility index (Phi) is 3.55. The van der Waals surface area contributed by atoms with E-state index >= 15 is 0 Å². The van der Waals surface area contributed by atoms with Crippen molar-refractivity contribution in [2.24, 2.45) is 0 Å². The van der Waals surface area contributed by atoms with Crippen molar-refractivity contribution < 1.29 is 0 Å². The van der Waals surface area contributed by atoms with Crippen molar-refractivity contribution in [1.29, 1.82) is 0 Å². The third kappa shape index (κ3) is 2.88. The molecule has 106 valence electrons. The molecule has 2 aromatic rings. The average molecular weight is 286 g/mol. The molecule has 0 spiro atoms. The molecule has 20 heavy (non-hydrogen) atoms. The lowest BCUT2D eigenvalue weighted by atomic mass is 9.88. The average Bonchev–Trinajstić information content (AvgIpc) is 2.96. The smallest absolute Gasteiger partial charge is 0.126 e. The normalized spacial score (nSPS) is 14.3. The Morgan fingerprint density at radius 2 is 2.10 bits per heavy atom. The van der Waals surface area contributed by atoms with Crippen LogP contribution in [-0.4, -0.2) is 4.98 Å². The van der Waals surface area contributed by atoms with E-state index in [0.29, 0.717) is 0 Å². The number of aryl methyl sites for hydroxylation is 2. The zero-order valence-electron chi connectivity index (χ0n) is 12.5. The second-order valence-electron chi connectivity index (χ2n) is 6.55. The number of hydrogen-bond donors (Lipinski definition) is 1. The summed E-state index contributed by atoms with van der Waals surface area (Å²) in [6.07, 6.45) is 5.87. The zero-order valence-corrected chi connectivity index (χ0v) is 13.3. The van der Waals surface area contributed by atoms with E-state index in [-0.39, 0.29) is 5.41 Å². The van der Waals surface area contributed by atoms with Gasteiger partial charge in [-0.3, -0.25) is 0 Å². The van der Waals surface area contributed by atoms with Gasteiger partial charge in [0.2, 0.25) is 0 Å². The van der Waals surface area contributed by atoms with Crippen molar-refractivity contribution >= 4 is 17.2 Å². The molecule has 0 aliphatic heterocycles. The molecule has 0 fully saturated rings. The molecule has 0 saturated heterocycles. The fraction of sp³-hybridized carbons (Fsp3) is 0.471. The number of fused-ring (bicyclic) bond motifs is 1. The highest BCUT2D eigenvalue weighted by molar-refractivity contribution is 7.12. The maximum atomic E-state index is 4.52. The second-order valence-corrected chi connectivity index (χ2v) is 7.77. The third-order valence-electron chi connectivity index (χ3n) is 3.87. The largest absolute Gasteiger partial charge is 0.365 e. The Labute approximate surface area is 125 Å². The Balaban J connectivity index is 1.63. The molecule has 3 heteroatoms. The van der Waals surface area contributed by atoms with Gasteiger partial charge in [-0.25, -0.2) is 4.98 Å². The van der Waals surface area contributed by atoms with Gasteiger partial charge in [-0.1, -0.05) is 26.8 Å². The maximum absolute atomic E-state index is 4.52. The predicted molar refractivity (Wildman–Crippen MR) is 86.6 cm³/mol. The van der Waals surface area contributed by atoms with Crippen LogP contribution in [-0.2, 0) is 24.8 Å². The minimum atomic E-state index is 0.167. The minimum Gasteiger partial charge on any atom is -0.365 e. The number of hydrogen-bond acceptors (Lipinski definition) is 3. The first kappa shape index (κ1) is 13.6. The maximum Gasteiger partial charge on any atom is 0.126 e. The summed E-state index contributed by atoms with van der Waals surface area (Å²) in [6.45, 7) is 7.53. The van der Waals surface area contributed by atoms with E-state index in [1.807, 2.05) is 17.5 Å². The minimum absolute atomic E-state index is 0.167. The molecule has 0 unspecified atom stereocenters. The molecule has 1 aliphatic rings. The molecule has 1 aliphatic carbocycles. The number of nitrogens with one attached hydrogen (secondary N) is 1. The van der Waals surface area contributed by atoms with E-state index in [2.05, 4.69) is 49.3 Å². The number of anilines is 1. The van der Waals surface area contributed by atoms with Gasteiger partial charge in [0.05, 0.1) is 6.54 Å². The number of rotatable bonds is 3. The number of pyridine rings is 1. The van der Waals surface area contributed by atoms with Crippen molar-refractivity contribution in [2.45, 2.75) is 52.0 Å². The van der Waals surface area contributed by atoms with Gasteiger partial charge in [-0.2, -0.15) is 0 Å². The first-order valence-corrected chi connectivity index (χ1v) is 8.15. The highest BCUT2D eigenvalue weighted by atomic mass is 32.1. The highest BCUT2D eigenvalue weighted by Gasteiger charge is 2.15. The molecule has 2 nitrogen and oxygen atoms in total. The van der Waals surface area contributed by atoms with Crippen LogP contribution >= 0.6 is 11.3 Å². The molecule has 1 N–H and O–H groups in total.